The van der Waals surface area contributed by atoms with Crippen LogP contribution in [0.15, 0.2) is 36.4 Å². The lowest BCUT2D eigenvalue weighted by Crippen LogP contribution is -1.76. The molecule has 19 heavy (non-hydrogen) atoms. The second-order valence-electron chi connectivity index (χ2n) is 4.61. The Hall–Kier alpha value is -1.67. The highest BCUT2D eigenvalue weighted by Gasteiger charge is 1.91. The smallest absolute Gasteiger partial charge is 0.116 e. The summed E-state index contributed by atoms with van der Waals surface area (Å²) in [6.45, 7) is 7.93. The van der Waals surface area contributed by atoms with E-state index in [1.165, 1.54) is 5.56 Å². The number of benzene rings is 2. The average Bonchev–Trinajstić information content (AvgIpc) is 2.23. The highest BCUT2D eigenvalue weighted by Crippen LogP contribution is 2.14. The van der Waals surface area contributed by atoms with Crippen LogP contribution >= 0.6 is 12.4 Å². The van der Waals surface area contributed by atoms with Crippen LogP contribution in [-0.2, 0) is 0 Å². The number of halogens is 1. The number of hydrogen-bond acceptors (Lipinski definition) is 2. The zero-order valence-electron chi connectivity index (χ0n) is 11.8. The summed E-state index contributed by atoms with van der Waals surface area (Å²) in [7, 11) is 0. The monoisotopic (exact) mass is 280 g/mol. The van der Waals surface area contributed by atoms with E-state index in [0.29, 0.717) is 11.5 Å². The summed E-state index contributed by atoms with van der Waals surface area (Å²) < 4.78 is 0. The molecule has 0 aliphatic carbocycles. The van der Waals surface area contributed by atoms with Crippen LogP contribution in [0.1, 0.15) is 22.3 Å². The van der Waals surface area contributed by atoms with Crippen LogP contribution in [0.25, 0.3) is 0 Å². The molecule has 0 unspecified atom stereocenters. The van der Waals surface area contributed by atoms with Gasteiger partial charge in [-0.25, -0.2) is 0 Å². The van der Waals surface area contributed by atoms with Crippen molar-refractivity contribution in [2.45, 2.75) is 27.7 Å². The third-order valence-electron chi connectivity index (χ3n) is 2.70. The molecule has 0 aliphatic rings. The molecular formula is C16H21ClO2. The number of hydrogen-bond donors (Lipinski definition) is 2. The molecule has 0 saturated carbocycles. The zero-order chi connectivity index (χ0) is 13.7. The summed E-state index contributed by atoms with van der Waals surface area (Å²) in [5, 5.41) is 17.9. The van der Waals surface area contributed by atoms with E-state index in [0.717, 1.165) is 16.7 Å². The van der Waals surface area contributed by atoms with Crippen molar-refractivity contribution < 1.29 is 10.2 Å². The predicted octanol–water partition coefficient (Wildman–Crippen LogP) is 4.44. The minimum atomic E-state index is 0. The van der Waals surface area contributed by atoms with E-state index in [-0.39, 0.29) is 12.4 Å². The summed E-state index contributed by atoms with van der Waals surface area (Å²) in [6, 6.07) is 10.9. The molecule has 0 bridgehead atoms. The summed E-state index contributed by atoms with van der Waals surface area (Å²) in [4.78, 5) is 0. The van der Waals surface area contributed by atoms with Crippen LogP contribution in [0.3, 0.4) is 0 Å². The normalized spacial score (nSPS) is 9.05. The maximum absolute atomic E-state index is 8.99. The van der Waals surface area contributed by atoms with Gasteiger partial charge in [0.05, 0.1) is 0 Å². The van der Waals surface area contributed by atoms with Crippen molar-refractivity contribution in [1.82, 2.24) is 0 Å². The Morgan fingerprint density at radius 3 is 1.53 bits per heavy atom. The van der Waals surface area contributed by atoms with E-state index in [1.54, 1.807) is 24.3 Å². The molecule has 0 amide bonds. The Bertz CT molecular complexity index is 486. The Labute approximate surface area is 121 Å². The molecule has 2 aromatic carbocycles. The van der Waals surface area contributed by atoms with Crippen molar-refractivity contribution in [2.24, 2.45) is 0 Å². The van der Waals surface area contributed by atoms with Gasteiger partial charge in [-0.05, 0) is 74.2 Å². The molecule has 0 heterocycles. The lowest BCUT2D eigenvalue weighted by atomic mass is 10.1. The molecule has 104 valence electrons. The Morgan fingerprint density at radius 2 is 1.16 bits per heavy atom. The van der Waals surface area contributed by atoms with E-state index in [1.807, 2.05) is 39.8 Å². The Balaban J connectivity index is 0.000000324. The molecule has 0 fully saturated rings. The van der Waals surface area contributed by atoms with E-state index in [2.05, 4.69) is 0 Å². The molecule has 0 aliphatic heterocycles. The quantitative estimate of drug-likeness (QED) is 0.749. The maximum Gasteiger partial charge on any atom is 0.116 e. The molecule has 0 aromatic heterocycles. The number of phenolic OH excluding ortho intramolecular Hbond substituents is 2. The van der Waals surface area contributed by atoms with Crippen LogP contribution in [0.2, 0.25) is 0 Å². The van der Waals surface area contributed by atoms with Crippen LogP contribution < -0.4 is 0 Å². The fourth-order valence-electron chi connectivity index (χ4n) is 1.68. The number of aryl methyl sites for hydroxylation is 4. The van der Waals surface area contributed by atoms with E-state index < -0.39 is 0 Å². The summed E-state index contributed by atoms with van der Waals surface area (Å²) in [5.74, 6) is 0.700. The van der Waals surface area contributed by atoms with Gasteiger partial charge in [0, 0.05) is 0 Å². The highest BCUT2D eigenvalue weighted by molar-refractivity contribution is 5.85. The third-order valence-corrected chi connectivity index (χ3v) is 2.70. The third kappa shape index (κ3) is 6.16. The summed E-state index contributed by atoms with van der Waals surface area (Å²) >= 11 is 0. The molecular weight excluding hydrogens is 260 g/mol. The molecule has 3 heteroatoms. The fourth-order valence-corrected chi connectivity index (χ4v) is 1.68. The van der Waals surface area contributed by atoms with E-state index in [4.69, 9.17) is 10.2 Å². The van der Waals surface area contributed by atoms with Crippen molar-refractivity contribution in [3.63, 3.8) is 0 Å². The molecule has 2 aromatic rings. The van der Waals surface area contributed by atoms with E-state index in [9.17, 15) is 0 Å². The van der Waals surface area contributed by atoms with Gasteiger partial charge in [-0.15, -0.1) is 12.4 Å². The second-order valence-corrected chi connectivity index (χ2v) is 4.61. The first-order chi connectivity index (χ1) is 8.38. The molecule has 2 N–H and O–H groups in total. The largest absolute Gasteiger partial charge is 0.508 e. The first-order valence-electron chi connectivity index (χ1n) is 5.92. The second kappa shape index (κ2) is 7.70. The lowest BCUT2D eigenvalue weighted by Gasteiger charge is -1.97. The van der Waals surface area contributed by atoms with Gasteiger partial charge < -0.3 is 10.2 Å². The van der Waals surface area contributed by atoms with Gasteiger partial charge in [-0.1, -0.05) is 12.1 Å². The van der Waals surface area contributed by atoms with Gasteiger partial charge >= 0.3 is 0 Å². The van der Waals surface area contributed by atoms with Crippen molar-refractivity contribution >= 4 is 12.4 Å². The van der Waals surface area contributed by atoms with Gasteiger partial charge in [-0.3, -0.25) is 0 Å². The summed E-state index contributed by atoms with van der Waals surface area (Å²) in [6.07, 6.45) is 0. The highest BCUT2D eigenvalue weighted by atomic mass is 35.5. The van der Waals surface area contributed by atoms with Crippen LogP contribution in [-0.4, -0.2) is 10.2 Å². The fraction of sp³-hybridized carbons (Fsp3) is 0.250. The Morgan fingerprint density at radius 1 is 0.632 bits per heavy atom. The van der Waals surface area contributed by atoms with Crippen LogP contribution in [0.4, 0.5) is 0 Å². The number of phenols is 2. The number of aromatic hydroxyl groups is 2. The SMILES string of the molecule is Cc1cc(C)cc(O)c1.Cc1ccc(O)cc1C.Cl. The topological polar surface area (TPSA) is 40.5 Å². The van der Waals surface area contributed by atoms with Crippen molar-refractivity contribution in [1.29, 1.82) is 0 Å². The molecule has 2 nitrogen and oxygen atoms in total. The maximum atomic E-state index is 8.99. The predicted molar refractivity (Wildman–Crippen MR) is 82.4 cm³/mol. The minimum Gasteiger partial charge on any atom is -0.508 e. The molecule has 2 rings (SSSR count). The number of rotatable bonds is 0. The van der Waals surface area contributed by atoms with Crippen molar-refractivity contribution in [2.75, 3.05) is 0 Å². The lowest BCUT2D eigenvalue weighted by molar-refractivity contribution is 0.474. The van der Waals surface area contributed by atoms with Crippen molar-refractivity contribution in [3.8, 4) is 11.5 Å². The first-order valence-corrected chi connectivity index (χ1v) is 5.92. The van der Waals surface area contributed by atoms with Gasteiger partial charge in [0.2, 0.25) is 0 Å². The van der Waals surface area contributed by atoms with Crippen molar-refractivity contribution in [3.05, 3.63) is 58.7 Å². The molecule has 0 spiro atoms. The minimum absolute atomic E-state index is 0. The zero-order valence-corrected chi connectivity index (χ0v) is 12.6. The average molecular weight is 281 g/mol. The van der Waals surface area contributed by atoms with Gasteiger partial charge in [-0.2, -0.15) is 0 Å². The molecule has 0 atom stereocenters. The Kier molecular flexibility index (Phi) is 7.02. The molecule has 0 radical (unpaired) electrons. The summed E-state index contributed by atoms with van der Waals surface area (Å²) in [5.41, 5.74) is 4.56. The van der Waals surface area contributed by atoms with Gasteiger partial charge in [0.15, 0.2) is 0 Å². The van der Waals surface area contributed by atoms with Crippen LogP contribution in [0.5, 0.6) is 11.5 Å². The van der Waals surface area contributed by atoms with Crippen LogP contribution in [0, 0.1) is 27.7 Å². The standard InChI is InChI=1S/2C8H10O.ClH/c1-6-3-7(2)5-8(9)4-6;1-6-3-4-8(9)5-7(6)2;/h2*3-5,9H,1-2H3;1H. The first kappa shape index (κ1) is 17.3. The van der Waals surface area contributed by atoms with Gasteiger partial charge in [0.25, 0.3) is 0 Å². The van der Waals surface area contributed by atoms with Gasteiger partial charge in [0.1, 0.15) is 11.5 Å². The molecule has 0 saturated heterocycles. The van der Waals surface area contributed by atoms with E-state index >= 15 is 0 Å².